The predicted molar refractivity (Wildman–Crippen MR) is 65.2 cm³/mol. The highest BCUT2D eigenvalue weighted by molar-refractivity contribution is 5.85. The van der Waals surface area contributed by atoms with Crippen molar-refractivity contribution in [1.29, 1.82) is 0 Å². The van der Waals surface area contributed by atoms with Crippen LogP contribution in [0.4, 0.5) is 0 Å². The summed E-state index contributed by atoms with van der Waals surface area (Å²) in [7, 11) is 0. The smallest absolute Gasteiger partial charge is 0.240 e. The van der Waals surface area contributed by atoms with Gasteiger partial charge in [-0.25, -0.2) is 0 Å². The van der Waals surface area contributed by atoms with Gasteiger partial charge >= 0.3 is 0 Å². The number of rotatable bonds is 4. The number of carbonyl (C=O) groups excluding carboxylic acids is 1. The van der Waals surface area contributed by atoms with Crippen molar-refractivity contribution >= 4 is 5.91 Å². The summed E-state index contributed by atoms with van der Waals surface area (Å²) in [5.74, 6) is 1.71. The van der Waals surface area contributed by atoms with Crippen molar-refractivity contribution in [1.82, 2.24) is 10.6 Å². The minimum atomic E-state index is -0.318. The van der Waals surface area contributed by atoms with Crippen molar-refractivity contribution < 1.29 is 4.79 Å². The van der Waals surface area contributed by atoms with Crippen molar-refractivity contribution in [3.05, 3.63) is 0 Å². The van der Waals surface area contributed by atoms with Crippen molar-refractivity contribution in [2.24, 2.45) is 11.8 Å². The molecule has 3 heteroatoms. The Kier molecular flexibility index (Phi) is 3.53. The number of piperidine rings is 1. The number of amides is 1. The molecule has 1 amide bonds. The van der Waals surface area contributed by atoms with E-state index in [1.165, 1.54) is 19.3 Å². The maximum atomic E-state index is 12.1. The molecule has 0 aromatic heterocycles. The Morgan fingerprint density at radius 3 is 2.81 bits per heavy atom. The van der Waals surface area contributed by atoms with Gasteiger partial charge in [-0.3, -0.25) is 4.79 Å². The summed E-state index contributed by atoms with van der Waals surface area (Å²) in [4.78, 5) is 12.1. The zero-order valence-electron chi connectivity index (χ0n) is 10.5. The molecule has 3 nitrogen and oxygen atoms in total. The highest BCUT2D eigenvalue weighted by Crippen LogP contribution is 2.36. The van der Waals surface area contributed by atoms with E-state index in [0.717, 1.165) is 31.8 Å². The van der Waals surface area contributed by atoms with Gasteiger partial charge in [-0.15, -0.1) is 0 Å². The van der Waals surface area contributed by atoms with Crippen LogP contribution in [0.1, 0.15) is 46.0 Å². The minimum absolute atomic E-state index is 0.194. The van der Waals surface area contributed by atoms with E-state index in [1.807, 2.05) is 6.92 Å². The molecule has 2 unspecified atom stereocenters. The van der Waals surface area contributed by atoms with E-state index >= 15 is 0 Å². The van der Waals surface area contributed by atoms with Crippen LogP contribution in [0.5, 0.6) is 0 Å². The highest BCUT2D eigenvalue weighted by atomic mass is 16.2. The summed E-state index contributed by atoms with van der Waals surface area (Å²) in [5, 5.41) is 6.46. The molecule has 1 saturated heterocycles. The average molecular weight is 224 g/mol. The Labute approximate surface area is 98.4 Å². The Bertz CT molecular complexity index is 255. The number of hydrogen-bond acceptors (Lipinski definition) is 2. The molecule has 1 aliphatic carbocycles. The monoisotopic (exact) mass is 224 g/mol. The van der Waals surface area contributed by atoms with Gasteiger partial charge in [0, 0.05) is 6.54 Å². The fourth-order valence-electron chi connectivity index (χ4n) is 2.53. The summed E-state index contributed by atoms with van der Waals surface area (Å²) in [5.41, 5.74) is -0.318. The second kappa shape index (κ2) is 4.74. The van der Waals surface area contributed by atoms with E-state index < -0.39 is 0 Å². The second-order valence-corrected chi connectivity index (χ2v) is 5.74. The summed E-state index contributed by atoms with van der Waals surface area (Å²) in [6, 6.07) is 0. The normalized spacial score (nSPS) is 32.1. The molecule has 2 atom stereocenters. The predicted octanol–water partition coefficient (Wildman–Crippen LogP) is 1.68. The topological polar surface area (TPSA) is 41.1 Å². The van der Waals surface area contributed by atoms with E-state index in [-0.39, 0.29) is 11.4 Å². The van der Waals surface area contributed by atoms with E-state index in [4.69, 9.17) is 0 Å². The Morgan fingerprint density at radius 2 is 2.25 bits per heavy atom. The van der Waals surface area contributed by atoms with Crippen molar-refractivity contribution in [2.75, 3.05) is 13.1 Å². The lowest BCUT2D eigenvalue weighted by Crippen LogP contribution is -2.57. The van der Waals surface area contributed by atoms with Gasteiger partial charge in [0.15, 0.2) is 0 Å². The molecule has 2 aliphatic rings. The standard InChI is InChI=1S/C13H24N2O/c1-10(11-5-6-11)9-14-12(16)13(2)7-3-4-8-15-13/h10-11,15H,3-9H2,1-2H3,(H,14,16). The molecule has 2 rings (SSSR count). The first kappa shape index (κ1) is 11.9. The van der Waals surface area contributed by atoms with Gasteiger partial charge in [-0.1, -0.05) is 6.92 Å². The Morgan fingerprint density at radius 1 is 1.50 bits per heavy atom. The molecular weight excluding hydrogens is 200 g/mol. The van der Waals surface area contributed by atoms with Gasteiger partial charge < -0.3 is 10.6 Å². The first-order chi connectivity index (χ1) is 7.62. The molecule has 0 aromatic rings. The molecule has 92 valence electrons. The fraction of sp³-hybridized carbons (Fsp3) is 0.923. The van der Waals surface area contributed by atoms with Crippen molar-refractivity contribution in [2.45, 2.75) is 51.5 Å². The maximum absolute atomic E-state index is 12.1. The molecule has 16 heavy (non-hydrogen) atoms. The highest BCUT2D eigenvalue weighted by Gasteiger charge is 2.35. The van der Waals surface area contributed by atoms with E-state index in [1.54, 1.807) is 0 Å². The first-order valence-electron chi connectivity index (χ1n) is 6.65. The largest absolute Gasteiger partial charge is 0.354 e. The minimum Gasteiger partial charge on any atom is -0.354 e. The summed E-state index contributed by atoms with van der Waals surface area (Å²) in [6.45, 7) is 6.10. The summed E-state index contributed by atoms with van der Waals surface area (Å²) in [6.07, 6.45) is 6.03. The van der Waals surface area contributed by atoms with Crippen molar-refractivity contribution in [3.63, 3.8) is 0 Å². The van der Waals surface area contributed by atoms with Crippen molar-refractivity contribution in [3.8, 4) is 0 Å². The third-order valence-corrected chi connectivity index (χ3v) is 4.13. The van der Waals surface area contributed by atoms with Crippen LogP contribution in [0.25, 0.3) is 0 Å². The van der Waals surface area contributed by atoms with Gasteiger partial charge in [-0.05, 0) is 57.4 Å². The zero-order valence-corrected chi connectivity index (χ0v) is 10.5. The molecular formula is C13H24N2O. The lowest BCUT2D eigenvalue weighted by atomic mass is 9.90. The van der Waals surface area contributed by atoms with E-state index in [0.29, 0.717) is 5.92 Å². The molecule has 1 heterocycles. The number of hydrogen-bond donors (Lipinski definition) is 2. The van der Waals surface area contributed by atoms with Crippen LogP contribution in [0.3, 0.4) is 0 Å². The van der Waals surface area contributed by atoms with Crippen LogP contribution < -0.4 is 10.6 Å². The fourth-order valence-corrected chi connectivity index (χ4v) is 2.53. The van der Waals surface area contributed by atoms with Crippen LogP contribution in [-0.4, -0.2) is 24.5 Å². The van der Waals surface area contributed by atoms with Gasteiger partial charge in [-0.2, -0.15) is 0 Å². The quantitative estimate of drug-likeness (QED) is 0.763. The van der Waals surface area contributed by atoms with Crippen LogP contribution in [-0.2, 0) is 4.79 Å². The molecule has 2 fully saturated rings. The number of carbonyl (C=O) groups is 1. The van der Waals surface area contributed by atoms with E-state index in [2.05, 4.69) is 17.6 Å². The van der Waals surface area contributed by atoms with Gasteiger partial charge in [0.25, 0.3) is 0 Å². The van der Waals surface area contributed by atoms with Crippen LogP contribution >= 0.6 is 0 Å². The molecule has 1 saturated carbocycles. The van der Waals surface area contributed by atoms with Crippen LogP contribution in [0.2, 0.25) is 0 Å². The zero-order chi connectivity index (χ0) is 11.6. The summed E-state index contributed by atoms with van der Waals surface area (Å²) >= 11 is 0. The van der Waals surface area contributed by atoms with E-state index in [9.17, 15) is 4.79 Å². The Hall–Kier alpha value is -0.570. The number of nitrogens with one attached hydrogen (secondary N) is 2. The molecule has 0 bridgehead atoms. The van der Waals surface area contributed by atoms with Crippen LogP contribution in [0, 0.1) is 11.8 Å². The molecule has 2 N–H and O–H groups in total. The first-order valence-corrected chi connectivity index (χ1v) is 6.65. The maximum Gasteiger partial charge on any atom is 0.240 e. The third kappa shape index (κ3) is 2.76. The third-order valence-electron chi connectivity index (χ3n) is 4.13. The SMILES string of the molecule is CC(CNC(=O)C1(C)CCCCN1)C1CC1. The van der Waals surface area contributed by atoms with Gasteiger partial charge in [0.05, 0.1) is 5.54 Å². The summed E-state index contributed by atoms with van der Waals surface area (Å²) < 4.78 is 0. The lowest BCUT2D eigenvalue weighted by Gasteiger charge is -2.33. The van der Waals surface area contributed by atoms with Gasteiger partial charge in [0.1, 0.15) is 0 Å². The Balaban J connectivity index is 1.77. The molecule has 0 aromatic carbocycles. The average Bonchev–Trinajstić information content (AvgIpc) is 3.10. The second-order valence-electron chi connectivity index (χ2n) is 5.74. The van der Waals surface area contributed by atoms with Crippen LogP contribution in [0.15, 0.2) is 0 Å². The lowest BCUT2D eigenvalue weighted by molar-refractivity contribution is -0.128. The molecule has 1 aliphatic heterocycles. The van der Waals surface area contributed by atoms with Gasteiger partial charge in [0.2, 0.25) is 5.91 Å². The molecule has 0 spiro atoms. The molecule has 0 radical (unpaired) electrons.